The van der Waals surface area contributed by atoms with Crippen LogP contribution in [0.25, 0.3) is 11.6 Å². The lowest BCUT2D eigenvalue weighted by Crippen LogP contribution is -2.44. The number of carbonyl (C=O) groups is 2. The van der Waals surface area contributed by atoms with Crippen LogP contribution in [-0.4, -0.2) is 34.7 Å². The Morgan fingerprint density at radius 3 is 2.59 bits per heavy atom. The minimum Gasteiger partial charge on any atom is -0.363 e. The normalized spacial score (nSPS) is 20.0. The topological polar surface area (TPSA) is 40.6 Å². The van der Waals surface area contributed by atoms with Crippen LogP contribution < -0.4 is 4.90 Å². The van der Waals surface area contributed by atoms with Gasteiger partial charge in [-0.05, 0) is 81.3 Å². The Hall–Kier alpha value is -2.45. The maximum atomic E-state index is 12.5. The van der Waals surface area contributed by atoms with Gasteiger partial charge in [0.05, 0.1) is 17.0 Å². The highest BCUT2D eigenvalue weighted by atomic mass is 32.2. The molecule has 1 fully saturated rings. The van der Waals surface area contributed by atoms with Crippen molar-refractivity contribution in [1.29, 1.82) is 0 Å². The van der Waals surface area contributed by atoms with Crippen molar-refractivity contribution in [2.24, 2.45) is 0 Å². The highest BCUT2D eigenvalue weighted by Gasteiger charge is 2.35. The largest absolute Gasteiger partial charge is 0.363 e. The van der Waals surface area contributed by atoms with E-state index in [2.05, 4.69) is 56.7 Å². The minimum atomic E-state index is -0.316. The first-order valence-corrected chi connectivity index (χ1v) is 9.82. The van der Waals surface area contributed by atoms with Crippen LogP contribution in [0.15, 0.2) is 23.1 Å². The van der Waals surface area contributed by atoms with Gasteiger partial charge in [-0.15, -0.1) is 6.42 Å². The quantitative estimate of drug-likeness (QED) is 0.564. The maximum Gasteiger partial charge on any atom is 0.294 e. The number of allylic oxidation sites excluding steroid dienone is 1. The molecule has 0 aliphatic carbocycles. The van der Waals surface area contributed by atoms with Gasteiger partial charge in [0.1, 0.15) is 0 Å². The molecule has 0 spiro atoms. The summed E-state index contributed by atoms with van der Waals surface area (Å²) in [6.45, 7) is 11.7. The van der Waals surface area contributed by atoms with Gasteiger partial charge in [0, 0.05) is 17.8 Å². The fraction of sp³-hybridized carbons (Fsp3) is 0.364. The Morgan fingerprint density at radius 1 is 1.26 bits per heavy atom. The molecule has 0 radical (unpaired) electrons. The van der Waals surface area contributed by atoms with Crippen molar-refractivity contribution in [3.05, 3.63) is 39.8 Å². The van der Waals surface area contributed by atoms with Crippen molar-refractivity contribution in [1.82, 2.24) is 4.90 Å². The third-order valence-electron chi connectivity index (χ3n) is 5.09. The number of aryl methyl sites for hydroxylation is 1. The predicted molar refractivity (Wildman–Crippen MR) is 113 cm³/mol. The van der Waals surface area contributed by atoms with Crippen LogP contribution in [0.5, 0.6) is 0 Å². The molecule has 1 saturated heterocycles. The number of terminal acetylenes is 1. The van der Waals surface area contributed by atoms with Gasteiger partial charge in [0.25, 0.3) is 11.1 Å². The van der Waals surface area contributed by atoms with Gasteiger partial charge in [0.2, 0.25) is 0 Å². The summed E-state index contributed by atoms with van der Waals surface area (Å²) in [4.78, 5) is 28.4. The molecule has 4 nitrogen and oxygen atoms in total. The van der Waals surface area contributed by atoms with Crippen molar-refractivity contribution >= 4 is 40.2 Å². The molecule has 27 heavy (non-hydrogen) atoms. The molecule has 0 atom stereocenters. The third kappa shape index (κ3) is 3.30. The Balaban J connectivity index is 2.06. The van der Waals surface area contributed by atoms with Gasteiger partial charge in [0.15, 0.2) is 0 Å². The SMILES string of the molecule is C#CCN1C(=O)S/C(=C/c2cc3c(cc2C)N(CC)C(C)(C)C=C3C)C1=O. The molecule has 2 aliphatic heterocycles. The smallest absolute Gasteiger partial charge is 0.294 e. The van der Waals surface area contributed by atoms with Crippen molar-refractivity contribution < 1.29 is 9.59 Å². The zero-order valence-electron chi connectivity index (χ0n) is 16.4. The monoisotopic (exact) mass is 380 g/mol. The fourth-order valence-corrected chi connectivity index (χ4v) is 4.68. The summed E-state index contributed by atoms with van der Waals surface area (Å²) >= 11 is 0.946. The van der Waals surface area contributed by atoms with Gasteiger partial charge in [-0.25, -0.2) is 0 Å². The van der Waals surface area contributed by atoms with Crippen LogP contribution >= 0.6 is 11.8 Å². The Morgan fingerprint density at radius 2 is 1.96 bits per heavy atom. The highest BCUT2D eigenvalue weighted by molar-refractivity contribution is 8.18. The molecule has 2 heterocycles. The van der Waals surface area contributed by atoms with E-state index in [9.17, 15) is 9.59 Å². The molecule has 2 amide bonds. The lowest BCUT2D eigenvalue weighted by Gasteiger charge is -2.43. The molecule has 140 valence electrons. The van der Waals surface area contributed by atoms with Crippen LogP contribution in [0.3, 0.4) is 0 Å². The van der Waals surface area contributed by atoms with E-state index in [1.54, 1.807) is 6.08 Å². The maximum absolute atomic E-state index is 12.5. The van der Waals surface area contributed by atoms with Crippen molar-refractivity contribution in [3.8, 4) is 12.3 Å². The molecule has 0 N–H and O–H groups in total. The second-order valence-electron chi connectivity index (χ2n) is 7.42. The van der Waals surface area contributed by atoms with E-state index >= 15 is 0 Å². The predicted octanol–water partition coefficient (Wildman–Crippen LogP) is 4.69. The summed E-state index contributed by atoms with van der Waals surface area (Å²) < 4.78 is 0. The van der Waals surface area contributed by atoms with Gasteiger partial charge in [-0.2, -0.15) is 0 Å². The van der Waals surface area contributed by atoms with Crippen molar-refractivity contribution in [2.45, 2.75) is 40.2 Å². The average Bonchev–Trinajstić information content (AvgIpc) is 2.84. The fourth-order valence-electron chi connectivity index (χ4n) is 3.85. The second kappa shape index (κ2) is 6.94. The molecule has 0 saturated carbocycles. The first-order valence-electron chi connectivity index (χ1n) is 9.00. The number of rotatable bonds is 3. The molecule has 2 aliphatic rings. The molecule has 0 aromatic heterocycles. The lowest BCUT2D eigenvalue weighted by molar-refractivity contribution is -0.122. The third-order valence-corrected chi connectivity index (χ3v) is 6.00. The first kappa shape index (κ1) is 19.3. The molecule has 0 unspecified atom stereocenters. The van der Waals surface area contributed by atoms with Crippen LogP contribution in [0, 0.1) is 19.3 Å². The van der Waals surface area contributed by atoms with Crippen molar-refractivity contribution in [3.63, 3.8) is 0 Å². The van der Waals surface area contributed by atoms with E-state index in [-0.39, 0.29) is 23.2 Å². The van der Waals surface area contributed by atoms with Crippen LogP contribution in [0.4, 0.5) is 10.5 Å². The molecule has 3 rings (SSSR count). The number of thioether (sulfide) groups is 1. The summed E-state index contributed by atoms with van der Waals surface area (Å²) in [5, 5.41) is -0.310. The zero-order valence-corrected chi connectivity index (χ0v) is 17.2. The molecule has 0 bridgehead atoms. The van der Waals surface area contributed by atoms with E-state index in [4.69, 9.17) is 6.42 Å². The molecule has 1 aromatic rings. The Labute approximate surface area is 165 Å². The number of benzene rings is 1. The summed E-state index contributed by atoms with van der Waals surface area (Å²) in [6.07, 6.45) is 9.34. The zero-order chi connectivity index (χ0) is 19.9. The van der Waals surface area contributed by atoms with E-state index < -0.39 is 0 Å². The first-order chi connectivity index (χ1) is 12.7. The Kier molecular flexibility index (Phi) is 4.96. The molecule has 1 aromatic carbocycles. The number of carbonyl (C=O) groups excluding carboxylic acids is 2. The summed E-state index contributed by atoms with van der Waals surface area (Å²) in [5.74, 6) is 2.05. The van der Waals surface area contributed by atoms with Gasteiger partial charge >= 0.3 is 0 Å². The summed E-state index contributed by atoms with van der Waals surface area (Å²) in [7, 11) is 0. The van der Waals surface area contributed by atoms with Crippen molar-refractivity contribution in [2.75, 3.05) is 18.0 Å². The number of hydrogen-bond acceptors (Lipinski definition) is 4. The lowest BCUT2D eigenvalue weighted by atomic mass is 9.87. The van der Waals surface area contributed by atoms with Gasteiger partial charge < -0.3 is 4.90 Å². The Bertz CT molecular complexity index is 934. The standard InChI is InChI=1S/C22H24N2O2S/c1-7-9-23-20(25)19(27-21(23)26)12-16-11-17-15(4)13-22(5,6)24(8-2)18(17)10-14(16)3/h1,10-13H,8-9H2,2-6H3/b19-12+. The van der Waals surface area contributed by atoms with Crippen LogP contribution in [-0.2, 0) is 4.79 Å². The summed E-state index contributed by atoms with van der Waals surface area (Å²) in [5.41, 5.74) is 5.56. The van der Waals surface area contributed by atoms with Gasteiger partial charge in [-0.3, -0.25) is 14.5 Å². The number of likely N-dealkylation sites (N-methyl/N-ethyl adjacent to an activating group) is 1. The number of amides is 2. The van der Waals surface area contributed by atoms with E-state index in [1.165, 1.54) is 11.3 Å². The molecular formula is C22H24N2O2S. The molecule has 5 heteroatoms. The highest BCUT2D eigenvalue weighted by Crippen LogP contribution is 2.41. The van der Waals surface area contributed by atoms with Crippen LogP contribution in [0.1, 0.15) is 44.4 Å². The number of nitrogens with zero attached hydrogens (tertiary/aromatic N) is 2. The number of hydrogen-bond donors (Lipinski definition) is 0. The molecular weight excluding hydrogens is 356 g/mol. The van der Waals surface area contributed by atoms with E-state index in [0.717, 1.165) is 39.9 Å². The average molecular weight is 381 g/mol. The second-order valence-corrected chi connectivity index (χ2v) is 8.42. The van der Waals surface area contributed by atoms with E-state index in [1.807, 2.05) is 6.92 Å². The van der Waals surface area contributed by atoms with E-state index in [0.29, 0.717) is 4.91 Å². The van der Waals surface area contributed by atoms with Crippen LogP contribution in [0.2, 0.25) is 0 Å². The number of imide groups is 1. The minimum absolute atomic E-state index is 0.00751. The number of fused-ring (bicyclic) bond motifs is 1. The number of anilines is 1. The summed E-state index contributed by atoms with van der Waals surface area (Å²) in [6, 6.07) is 4.29. The van der Waals surface area contributed by atoms with Gasteiger partial charge in [-0.1, -0.05) is 12.0 Å².